The topological polar surface area (TPSA) is 29.1 Å². The highest BCUT2D eigenvalue weighted by molar-refractivity contribution is 9.10. The highest BCUT2D eigenvalue weighted by Gasteiger charge is 2.09. The second-order valence-corrected chi connectivity index (χ2v) is 6.04. The van der Waals surface area contributed by atoms with Crippen molar-refractivity contribution in [2.45, 2.75) is 13.5 Å². The molecule has 0 aliphatic carbocycles. The second kappa shape index (κ2) is 5.12. The van der Waals surface area contributed by atoms with Gasteiger partial charge in [-0.2, -0.15) is 11.3 Å². The molecule has 0 aliphatic rings. The zero-order chi connectivity index (χ0) is 11.5. The van der Waals surface area contributed by atoms with Crippen LogP contribution in [0, 0.1) is 6.92 Å². The Morgan fingerprint density at radius 2 is 2.25 bits per heavy atom. The second-order valence-electron chi connectivity index (χ2n) is 3.38. The van der Waals surface area contributed by atoms with Gasteiger partial charge in [-0.1, -0.05) is 0 Å². The molecule has 2 aromatic rings. The van der Waals surface area contributed by atoms with Crippen LogP contribution in [0.15, 0.2) is 26.7 Å². The van der Waals surface area contributed by atoms with E-state index in [0.717, 1.165) is 20.5 Å². The van der Waals surface area contributed by atoms with Gasteiger partial charge in [0.25, 0.3) is 5.91 Å². The summed E-state index contributed by atoms with van der Waals surface area (Å²) in [6.07, 6.45) is 0. The first-order chi connectivity index (χ1) is 7.66. The Morgan fingerprint density at radius 1 is 1.44 bits per heavy atom. The molecule has 5 heteroatoms. The van der Waals surface area contributed by atoms with Gasteiger partial charge < -0.3 is 5.32 Å². The Hall–Kier alpha value is -0.650. The van der Waals surface area contributed by atoms with Crippen LogP contribution in [0.3, 0.4) is 0 Å². The Morgan fingerprint density at radius 3 is 2.81 bits per heavy atom. The molecule has 0 bridgehead atoms. The van der Waals surface area contributed by atoms with E-state index < -0.39 is 0 Å². The maximum absolute atomic E-state index is 11.8. The molecule has 16 heavy (non-hydrogen) atoms. The molecule has 1 N–H and O–H groups in total. The number of thiophene rings is 2. The summed E-state index contributed by atoms with van der Waals surface area (Å²) in [5.74, 6) is 0.00303. The van der Waals surface area contributed by atoms with Crippen molar-refractivity contribution in [3.8, 4) is 0 Å². The van der Waals surface area contributed by atoms with Crippen molar-refractivity contribution < 1.29 is 4.79 Å². The number of halogens is 1. The SMILES string of the molecule is Cc1cscc1C(=O)NCc1cc(Br)cs1. The fourth-order valence-electron chi connectivity index (χ4n) is 1.30. The summed E-state index contributed by atoms with van der Waals surface area (Å²) in [4.78, 5) is 12.9. The van der Waals surface area contributed by atoms with Gasteiger partial charge in [-0.15, -0.1) is 11.3 Å². The fraction of sp³-hybridized carbons (Fsp3) is 0.182. The molecular formula is C11H10BrNOS2. The van der Waals surface area contributed by atoms with Gasteiger partial charge in [0, 0.05) is 20.1 Å². The number of rotatable bonds is 3. The number of amides is 1. The molecule has 1 amide bonds. The van der Waals surface area contributed by atoms with Crippen LogP contribution in [0.2, 0.25) is 0 Å². The van der Waals surface area contributed by atoms with Gasteiger partial charge in [-0.05, 0) is 39.9 Å². The third-order valence-corrected chi connectivity index (χ3v) is 4.70. The lowest BCUT2D eigenvalue weighted by molar-refractivity contribution is 0.0951. The van der Waals surface area contributed by atoms with E-state index in [0.29, 0.717) is 6.54 Å². The Kier molecular flexibility index (Phi) is 3.78. The van der Waals surface area contributed by atoms with Gasteiger partial charge in [0.1, 0.15) is 0 Å². The zero-order valence-corrected chi connectivity index (χ0v) is 11.8. The molecule has 0 aromatic carbocycles. The first kappa shape index (κ1) is 11.8. The molecule has 2 rings (SSSR count). The van der Waals surface area contributed by atoms with E-state index >= 15 is 0 Å². The predicted octanol–water partition coefficient (Wildman–Crippen LogP) is 3.81. The van der Waals surface area contributed by atoms with Crippen molar-refractivity contribution >= 4 is 44.5 Å². The number of aryl methyl sites for hydroxylation is 1. The highest BCUT2D eigenvalue weighted by atomic mass is 79.9. The van der Waals surface area contributed by atoms with Gasteiger partial charge in [0.05, 0.1) is 12.1 Å². The van der Waals surface area contributed by atoms with E-state index in [1.54, 1.807) is 22.7 Å². The molecule has 2 heterocycles. The van der Waals surface area contributed by atoms with Crippen molar-refractivity contribution in [2.75, 3.05) is 0 Å². The predicted molar refractivity (Wildman–Crippen MR) is 72.2 cm³/mol. The highest BCUT2D eigenvalue weighted by Crippen LogP contribution is 2.20. The molecule has 2 nitrogen and oxygen atoms in total. The van der Waals surface area contributed by atoms with Crippen LogP contribution >= 0.6 is 38.6 Å². The van der Waals surface area contributed by atoms with Gasteiger partial charge in [0.15, 0.2) is 0 Å². The lowest BCUT2D eigenvalue weighted by Crippen LogP contribution is -2.22. The van der Waals surface area contributed by atoms with E-state index in [1.807, 2.05) is 29.1 Å². The van der Waals surface area contributed by atoms with E-state index in [1.165, 1.54) is 0 Å². The number of hydrogen-bond donors (Lipinski definition) is 1. The minimum atomic E-state index is 0.00303. The van der Waals surface area contributed by atoms with Crippen molar-refractivity contribution in [1.82, 2.24) is 5.32 Å². The molecular weight excluding hydrogens is 306 g/mol. The molecule has 0 unspecified atom stereocenters. The average Bonchev–Trinajstić information content (AvgIpc) is 2.84. The van der Waals surface area contributed by atoms with Crippen LogP contribution in [-0.4, -0.2) is 5.91 Å². The number of nitrogens with one attached hydrogen (secondary N) is 1. The smallest absolute Gasteiger partial charge is 0.252 e. The molecule has 2 aromatic heterocycles. The molecule has 0 saturated carbocycles. The quantitative estimate of drug-likeness (QED) is 0.916. The third-order valence-electron chi connectivity index (χ3n) is 2.15. The van der Waals surface area contributed by atoms with Gasteiger partial charge in [0.2, 0.25) is 0 Å². The Labute approximate surface area is 110 Å². The summed E-state index contributed by atoms with van der Waals surface area (Å²) in [7, 11) is 0. The average molecular weight is 316 g/mol. The summed E-state index contributed by atoms with van der Waals surface area (Å²) in [5, 5.41) is 8.79. The molecule has 0 fully saturated rings. The molecule has 0 spiro atoms. The standard InChI is InChI=1S/C11H10BrNOS2/c1-7-4-15-6-10(7)11(14)13-3-9-2-8(12)5-16-9/h2,4-6H,3H2,1H3,(H,13,14). The number of carbonyl (C=O) groups is 1. The van der Waals surface area contributed by atoms with E-state index in [2.05, 4.69) is 21.2 Å². The fourth-order valence-corrected chi connectivity index (χ4v) is 3.52. The van der Waals surface area contributed by atoms with Crippen molar-refractivity contribution in [1.29, 1.82) is 0 Å². The van der Waals surface area contributed by atoms with Crippen LogP contribution in [-0.2, 0) is 6.54 Å². The summed E-state index contributed by atoms with van der Waals surface area (Å²) >= 11 is 6.58. The van der Waals surface area contributed by atoms with Crippen LogP contribution in [0.4, 0.5) is 0 Å². The van der Waals surface area contributed by atoms with Crippen molar-refractivity contribution in [3.05, 3.63) is 42.7 Å². The van der Waals surface area contributed by atoms with Crippen LogP contribution in [0.1, 0.15) is 20.8 Å². The van der Waals surface area contributed by atoms with Crippen LogP contribution in [0.5, 0.6) is 0 Å². The lowest BCUT2D eigenvalue weighted by Gasteiger charge is -2.02. The van der Waals surface area contributed by atoms with Crippen LogP contribution in [0.25, 0.3) is 0 Å². The maximum atomic E-state index is 11.8. The first-order valence-corrected chi connectivity index (χ1v) is 7.32. The molecule has 0 saturated heterocycles. The summed E-state index contributed by atoms with van der Waals surface area (Å²) in [5.41, 5.74) is 1.82. The van der Waals surface area contributed by atoms with Gasteiger partial charge >= 0.3 is 0 Å². The first-order valence-electron chi connectivity index (χ1n) is 4.70. The minimum absolute atomic E-state index is 0.00303. The monoisotopic (exact) mass is 315 g/mol. The lowest BCUT2D eigenvalue weighted by atomic mass is 10.2. The zero-order valence-electron chi connectivity index (χ0n) is 8.62. The van der Waals surface area contributed by atoms with Gasteiger partial charge in [-0.25, -0.2) is 0 Å². The van der Waals surface area contributed by atoms with E-state index in [-0.39, 0.29) is 5.91 Å². The number of carbonyl (C=O) groups excluding carboxylic acids is 1. The number of hydrogen-bond acceptors (Lipinski definition) is 3. The van der Waals surface area contributed by atoms with Gasteiger partial charge in [-0.3, -0.25) is 4.79 Å². The summed E-state index contributed by atoms with van der Waals surface area (Å²) in [6.45, 7) is 2.54. The van der Waals surface area contributed by atoms with Crippen molar-refractivity contribution in [2.24, 2.45) is 0 Å². The van der Waals surface area contributed by atoms with Crippen LogP contribution < -0.4 is 5.32 Å². The Balaban J connectivity index is 1.96. The third kappa shape index (κ3) is 2.72. The summed E-state index contributed by atoms with van der Waals surface area (Å²) in [6, 6.07) is 2.02. The van der Waals surface area contributed by atoms with Crippen molar-refractivity contribution in [3.63, 3.8) is 0 Å². The molecule has 0 atom stereocenters. The molecule has 84 valence electrons. The Bertz CT molecular complexity index is 504. The minimum Gasteiger partial charge on any atom is -0.347 e. The van der Waals surface area contributed by atoms with E-state index in [9.17, 15) is 4.79 Å². The largest absolute Gasteiger partial charge is 0.347 e. The molecule has 0 radical (unpaired) electrons. The summed E-state index contributed by atoms with van der Waals surface area (Å²) < 4.78 is 1.06. The normalized spacial score (nSPS) is 10.4. The molecule has 0 aliphatic heterocycles. The van der Waals surface area contributed by atoms with E-state index in [4.69, 9.17) is 0 Å². The maximum Gasteiger partial charge on any atom is 0.252 e.